The number of nitriles is 1. The van der Waals surface area contributed by atoms with E-state index in [2.05, 4.69) is 15.8 Å². The van der Waals surface area contributed by atoms with Crippen molar-refractivity contribution in [1.29, 1.82) is 5.26 Å². The maximum Gasteiger partial charge on any atom is 0.467 e. The molecule has 0 amide bonds. The summed E-state index contributed by atoms with van der Waals surface area (Å²) in [6.45, 7) is 0. The Balaban J connectivity index is 0. The van der Waals surface area contributed by atoms with Gasteiger partial charge in [0.25, 0.3) is 5.87 Å². The molecule has 6 heteroatoms. The minimum atomic E-state index is -1.15. The first kappa shape index (κ1) is 10.4. The van der Waals surface area contributed by atoms with Crippen molar-refractivity contribution >= 4 is 27.2 Å². The minimum absolute atomic E-state index is 0. The number of carboxylic acid groups (broad SMARTS) is 1. The van der Waals surface area contributed by atoms with E-state index in [0.29, 0.717) is 0 Å². The molecular formula is C2H4BBrN2O2. The monoisotopic (exact) mass is 178 g/mol. The molecule has 0 atom stereocenters. The SMILES string of the molecule is N.N#CB(Br)C(=O)O. The Morgan fingerprint density at radius 3 is 2.25 bits per heavy atom. The smallest absolute Gasteiger partial charge is 0.467 e. The third kappa shape index (κ3) is 3.65. The Hall–Kier alpha value is -0.535. The lowest BCUT2D eigenvalue weighted by atomic mass is 9.81. The van der Waals surface area contributed by atoms with Crippen molar-refractivity contribution in [2.45, 2.75) is 0 Å². The fourth-order valence-electron chi connectivity index (χ4n) is 0.0552. The zero-order valence-electron chi connectivity index (χ0n) is 3.97. The molecule has 0 spiro atoms. The van der Waals surface area contributed by atoms with Gasteiger partial charge >= 0.3 is 5.54 Å². The summed E-state index contributed by atoms with van der Waals surface area (Å²) in [4.78, 5) is 9.66. The van der Waals surface area contributed by atoms with Gasteiger partial charge in [-0.25, -0.2) is 5.26 Å². The van der Waals surface area contributed by atoms with E-state index in [4.69, 9.17) is 10.4 Å². The van der Waals surface area contributed by atoms with Crippen molar-refractivity contribution in [3.8, 4) is 5.97 Å². The summed E-state index contributed by atoms with van der Waals surface area (Å²) >= 11 is 2.58. The van der Waals surface area contributed by atoms with Crippen molar-refractivity contribution in [3.63, 3.8) is 0 Å². The second kappa shape index (κ2) is 4.62. The van der Waals surface area contributed by atoms with Crippen LogP contribution in [0, 0.1) is 11.2 Å². The Morgan fingerprint density at radius 1 is 1.88 bits per heavy atom. The number of hydrogen-bond acceptors (Lipinski definition) is 3. The van der Waals surface area contributed by atoms with Crippen LogP contribution in [0.5, 0.6) is 0 Å². The second-order valence-electron chi connectivity index (χ2n) is 0.830. The van der Waals surface area contributed by atoms with Crippen molar-refractivity contribution < 1.29 is 9.90 Å². The summed E-state index contributed by atoms with van der Waals surface area (Å²) in [6, 6.07) is 0. The molecule has 0 heterocycles. The summed E-state index contributed by atoms with van der Waals surface area (Å²) in [5.74, 6) is 0.331. The van der Waals surface area contributed by atoms with E-state index in [9.17, 15) is 4.79 Å². The number of rotatable bonds is 1. The van der Waals surface area contributed by atoms with E-state index in [-0.39, 0.29) is 6.15 Å². The average molecular weight is 179 g/mol. The van der Waals surface area contributed by atoms with Gasteiger partial charge in [0.1, 0.15) is 0 Å². The molecule has 8 heavy (non-hydrogen) atoms. The highest BCUT2D eigenvalue weighted by molar-refractivity contribution is 9.25. The van der Waals surface area contributed by atoms with Gasteiger partial charge in [-0.15, -0.1) is 15.8 Å². The Bertz CT molecular complexity index is 122. The molecule has 0 aliphatic heterocycles. The van der Waals surface area contributed by atoms with Crippen LogP contribution in [0.25, 0.3) is 0 Å². The van der Waals surface area contributed by atoms with Crippen molar-refractivity contribution in [1.82, 2.24) is 6.15 Å². The molecule has 0 saturated heterocycles. The highest BCUT2D eigenvalue weighted by Crippen LogP contribution is 1.90. The van der Waals surface area contributed by atoms with Crippen LogP contribution < -0.4 is 6.15 Å². The van der Waals surface area contributed by atoms with Crippen LogP contribution in [-0.4, -0.2) is 16.5 Å². The average Bonchev–Trinajstić information content (AvgIpc) is 1.65. The van der Waals surface area contributed by atoms with Crippen LogP contribution in [0.15, 0.2) is 0 Å². The molecule has 0 aromatic rings. The lowest BCUT2D eigenvalue weighted by molar-refractivity contribution is 0.220. The molecule has 0 unspecified atom stereocenters. The van der Waals surface area contributed by atoms with E-state index in [1.165, 1.54) is 5.97 Å². The third-order valence-electron chi connectivity index (χ3n) is 0.330. The van der Waals surface area contributed by atoms with Gasteiger partial charge in [0.2, 0.25) is 0 Å². The van der Waals surface area contributed by atoms with E-state index in [0.717, 1.165) is 0 Å². The van der Waals surface area contributed by atoms with Crippen LogP contribution in [0.3, 0.4) is 0 Å². The normalized spacial score (nSPS) is 6.00. The summed E-state index contributed by atoms with van der Waals surface area (Å²) in [5.41, 5.74) is -1.06. The first-order chi connectivity index (χ1) is 3.18. The van der Waals surface area contributed by atoms with E-state index >= 15 is 0 Å². The van der Waals surface area contributed by atoms with Crippen molar-refractivity contribution in [2.24, 2.45) is 0 Å². The molecular weight excluding hydrogens is 175 g/mol. The van der Waals surface area contributed by atoms with Gasteiger partial charge in [-0.1, -0.05) is 0 Å². The maximum atomic E-state index is 9.66. The number of hydrogen-bond donors (Lipinski definition) is 2. The number of nitrogens with zero attached hydrogens (tertiary/aromatic N) is 1. The van der Waals surface area contributed by atoms with Crippen molar-refractivity contribution in [2.75, 3.05) is 0 Å². The van der Waals surface area contributed by atoms with Gasteiger partial charge in [-0.3, -0.25) is 4.79 Å². The largest absolute Gasteiger partial charge is 0.487 e. The Kier molecular flexibility index (Phi) is 6.03. The quantitative estimate of drug-likeness (QED) is 0.583. The number of halogens is 1. The van der Waals surface area contributed by atoms with Crippen molar-refractivity contribution in [3.05, 3.63) is 0 Å². The Labute approximate surface area is 55.1 Å². The van der Waals surface area contributed by atoms with Gasteiger partial charge < -0.3 is 11.3 Å². The fraction of sp³-hybridized carbons (Fsp3) is 0. The molecule has 0 aliphatic carbocycles. The predicted octanol–water partition coefficient (Wildman–Crippen LogP) is 0.857. The predicted molar refractivity (Wildman–Crippen MR) is 33.3 cm³/mol. The molecule has 0 fully saturated rings. The standard InChI is InChI=1S/C2HBBrNO2.H3N/c4-3(1-5)2(6)7;/h(H,6,7);1H3. The lowest BCUT2D eigenvalue weighted by Crippen LogP contribution is -2.12. The number of carbonyl (C=O) groups is 1. The first-order valence-electron chi connectivity index (χ1n) is 1.45. The molecule has 0 rings (SSSR count). The highest BCUT2D eigenvalue weighted by atomic mass is 79.9. The Morgan fingerprint density at radius 2 is 2.25 bits per heavy atom. The third-order valence-corrected chi connectivity index (χ3v) is 0.927. The highest BCUT2D eigenvalue weighted by Gasteiger charge is 2.17. The zero-order valence-corrected chi connectivity index (χ0v) is 5.55. The lowest BCUT2D eigenvalue weighted by Gasteiger charge is -1.78. The molecule has 0 aliphatic rings. The summed E-state index contributed by atoms with van der Waals surface area (Å²) in [7, 11) is 0. The van der Waals surface area contributed by atoms with Crippen LogP contribution in [0.2, 0.25) is 0 Å². The van der Waals surface area contributed by atoms with E-state index in [1.807, 2.05) is 0 Å². The topological polar surface area (TPSA) is 96.1 Å². The summed E-state index contributed by atoms with van der Waals surface area (Å²) < 4.78 is 0. The summed E-state index contributed by atoms with van der Waals surface area (Å²) in [5, 5.41) is 15.7. The van der Waals surface area contributed by atoms with Gasteiger partial charge in [0.15, 0.2) is 0 Å². The molecule has 4 N–H and O–H groups in total. The molecule has 0 bridgehead atoms. The van der Waals surface area contributed by atoms with Crippen LogP contribution in [0.1, 0.15) is 0 Å². The van der Waals surface area contributed by atoms with Crippen LogP contribution >= 0.6 is 15.8 Å². The van der Waals surface area contributed by atoms with Gasteiger partial charge in [-0.2, -0.15) is 0 Å². The van der Waals surface area contributed by atoms with Crippen LogP contribution in [0.4, 0.5) is 4.79 Å². The zero-order chi connectivity index (χ0) is 5.86. The molecule has 0 saturated carbocycles. The van der Waals surface area contributed by atoms with Gasteiger partial charge in [-0.05, 0) is 0 Å². The fourth-order valence-corrected chi connectivity index (χ4v) is 0.0552. The molecule has 0 aromatic heterocycles. The molecule has 0 aromatic carbocycles. The first-order valence-corrected chi connectivity index (χ1v) is 2.36. The molecule has 44 valence electrons. The van der Waals surface area contributed by atoms with Gasteiger partial charge in [0, 0.05) is 5.97 Å². The van der Waals surface area contributed by atoms with E-state index < -0.39 is 11.4 Å². The minimum Gasteiger partial charge on any atom is -0.487 e. The second-order valence-corrected chi connectivity index (χ2v) is 1.75. The molecule has 4 nitrogen and oxygen atoms in total. The maximum absolute atomic E-state index is 9.66. The van der Waals surface area contributed by atoms with E-state index in [1.54, 1.807) is 0 Å². The molecule has 0 radical (unpaired) electrons. The summed E-state index contributed by atoms with van der Waals surface area (Å²) in [6.07, 6.45) is 0. The van der Waals surface area contributed by atoms with Gasteiger partial charge in [0.05, 0.1) is 0 Å². The van der Waals surface area contributed by atoms with Crippen LogP contribution in [-0.2, 0) is 0 Å².